The van der Waals surface area contributed by atoms with Crippen molar-refractivity contribution in [3.05, 3.63) is 58.3 Å². The zero-order chi connectivity index (χ0) is 11.4. The number of nitrogens with zero attached hydrogens (tertiary/aromatic N) is 1. The van der Waals surface area contributed by atoms with Gasteiger partial charge < -0.3 is 10.7 Å². The maximum atomic E-state index is 11.2. The summed E-state index contributed by atoms with van der Waals surface area (Å²) in [5, 5.41) is 0. The molecule has 0 bridgehead atoms. The number of anilines is 1. The number of hydrogen-bond acceptors (Lipinski definition) is 3. The van der Waals surface area contributed by atoms with E-state index in [2.05, 4.69) is 22.1 Å². The summed E-state index contributed by atoms with van der Waals surface area (Å²) >= 11 is 0. The van der Waals surface area contributed by atoms with Crippen LogP contribution in [-0.4, -0.2) is 9.97 Å². The maximum absolute atomic E-state index is 11.2. The van der Waals surface area contributed by atoms with Crippen molar-refractivity contribution in [1.29, 1.82) is 0 Å². The second-order valence-electron chi connectivity index (χ2n) is 3.60. The first kappa shape index (κ1) is 10.4. The quantitative estimate of drug-likeness (QED) is 0.806. The van der Waals surface area contributed by atoms with Gasteiger partial charge in [-0.15, -0.1) is 0 Å². The molecule has 0 saturated heterocycles. The largest absolute Gasteiger partial charge is 0.393 e. The van der Waals surface area contributed by atoms with E-state index in [0.717, 1.165) is 6.42 Å². The molecule has 16 heavy (non-hydrogen) atoms. The van der Waals surface area contributed by atoms with Gasteiger partial charge in [-0.2, -0.15) is 0 Å². The van der Waals surface area contributed by atoms with Crippen LogP contribution in [0.3, 0.4) is 0 Å². The van der Waals surface area contributed by atoms with Gasteiger partial charge in [-0.3, -0.25) is 4.79 Å². The highest BCUT2D eigenvalue weighted by Crippen LogP contribution is 2.02. The SMILES string of the molecule is Nc1cnc(CCc2ccccc2)[nH]c1=O. The summed E-state index contributed by atoms with van der Waals surface area (Å²) in [5.74, 6) is 0.669. The van der Waals surface area contributed by atoms with E-state index in [1.807, 2.05) is 18.2 Å². The highest BCUT2D eigenvalue weighted by Gasteiger charge is 1.99. The number of aryl methyl sites for hydroxylation is 2. The molecule has 0 aliphatic heterocycles. The lowest BCUT2D eigenvalue weighted by Gasteiger charge is -2.01. The summed E-state index contributed by atoms with van der Waals surface area (Å²) < 4.78 is 0. The van der Waals surface area contributed by atoms with Crippen LogP contribution in [0.25, 0.3) is 0 Å². The van der Waals surface area contributed by atoms with Gasteiger partial charge in [0, 0.05) is 6.42 Å². The van der Waals surface area contributed by atoms with Crippen LogP contribution in [0, 0.1) is 0 Å². The first-order chi connectivity index (χ1) is 7.75. The monoisotopic (exact) mass is 215 g/mol. The Bertz CT molecular complexity index is 519. The number of H-pyrrole nitrogens is 1. The summed E-state index contributed by atoms with van der Waals surface area (Å²) in [6.07, 6.45) is 2.96. The molecule has 2 aromatic rings. The van der Waals surface area contributed by atoms with Crippen LogP contribution in [-0.2, 0) is 12.8 Å². The Balaban J connectivity index is 2.05. The summed E-state index contributed by atoms with van der Waals surface area (Å²) in [6.45, 7) is 0. The van der Waals surface area contributed by atoms with Gasteiger partial charge in [0.05, 0.1) is 6.20 Å². The molecular weight excluding hydrogens is 202 g/mol. The second-order valence-corrected chi connectivity index (χ2v) is 3.60. The number of aromatic nitrogens is 2. The van der Waals surface area contributed by atoms with Crippen molar-refractivity contribution in [3.8, 4) is 0 Å². The van der Waals surface area contributed by atoms with E-state index in [4.69, 9.17) is 5.73 Å². The van der Waals surface area contributed by atoms with Gasteiger partial charge in [-0.1, -0.05) is 30.3 Å². The number of nitrogens with two attached hydrogens (primary N) is 1. The zero-order valence-corrected chi connectivity index (χ0v) is 8.81. The fourth-order valence-electron chi connectivity index (χ4n) is 1.48. The Morgan fingerprint density at radius 3 is 2.62 bits per heavy atom. The number of hydrogen-bond donors (Lipinski definition) is 2. The molecule has 0 unspecified atom stereocenters. The Morgan fingerprint density at radius 2 is 1.94 bits per heavy atom. The standard InChI is InChI=1S/C12H13N3O/c13-10-8-14-11(15-12(10)16)7-6-9-4-2-1-3-5-9/h1-5,8H,6-7,13H2,(H,14,15,16). The molecule has 0 saturated carbocycles. The Labute approximate surface area is 93.2 Å². The number of nitrogens with one attached hydrogen (secondary N) is 1. The van der Waals surface area contributed by atoms with Gasteiger partial charge >= 0.3 is 0 Å². The Hall–Kier alpha value is -2.10. The molecule has 3 N–H and O–H groups in total. The molecule has 1 aromatic heterocycles. The number of rotatable bonds is 3. The molecular formula is C12H13N3O. The van der Waals surface area contributed by atoms with Gasteiger partial charge in [0.15, 0.2) is 0 Å². The van der Waals surface area contributed by atoms with Crippen molar-refractivity contribution in [3.63, 3.8) is 0 Å². The lowest BCUT2D eigenvalue weighted by Crippen LogP contribution is -2.15. The molecule has 0 spiro atoms. The Kier molecular flexibility index (Phi) is 3.00. The van der Waals surface area contributed by atoms with E-state index < -0.39 is 0 Å². The normalized spacial score (nSPS) is 10.2. The third-order valence-electron chi connectivity index (χ3n) is 2.37. The molecule has 0 radical (unpaired) electrons. The second kappa shape index (κ2) is 4.61. The molecule has 1 aromatic carbocycles. The minimum absolute atomic E-state index is 0.156. The predicted molar refractivity (Wildman–Crippen MR) is 63.1 cm³/mol. The van der Waals surface area contributed by atoms with E-state index in [0.29, 0.717) is 12.2 Å². The molecule has 0 aliphatic carbocycles. The van der Waals surface area contributed by atoms with Gasteiger partial charge in [-0.05, 0) is 12.0 Å². The van der Waals surface area contributed by atoms with E-state index in [9.17, 15) is 4.79 Å². The lowest BCUT2D eigenvalue weighted by molar-refractivity contribution is 0.849. The van der Waals surface area contributed by atoms with Gasteiger partial charge in [0.25, 0.3) is 5.56 Å². The molecule has 82 valence electrons. The van der Waals surface area contributed by atoms with Crippen LogP contribution in [0.15, 0.2) is 41.3 Å². The summed E-state index contributed by atoms with van der Waals surface area (Å²) in [5.41, 5.74) is 6.50. The summed E-state index contributed by atoms with van der Waals surface area (Å²) in [7, 11) is 0. The lowest BCUT2D eigenvalue weighted by atomic mass is 10.1. The first-order valence-electron chi connectivity index (χ1n) is 5.13. The number of nitrogen functional groups attached to an aromatic ring is 1. The smallest absolute Gasteiger partial charge is 0.274 e. The first-order valence-corrected chi connectivity index (χ1v) is 5.13. The van der Waals surface area contributed by atoms with E-state index in [1.54, 1.807) is 0 Å². The molecule has 4 heteroatoms. The fourth-order valence-corrected chi connectivity index (χ4v) is 1.48. The molecule has 0 aliphatic rings. The van der Waals surface area contributed by atoms with Crippen molar-refractivity contribution < 1.29 is 0 Å². The highest BCUT2D eigenvalue weighted by atomic mass is 16.1. The molecule has 0 fully saturated rings. The summed E-state index contributed by atoms with van der Waals surface area (Å²) in [4.78, 5) is 18.0. The minimum atomic E-state index is -0.266. The molecule has 2 rings (SSSR count). The number of aromatic amines is 1. The van der Waals surface area contributed by atoms with E-state index in [1.165, 1.54) is 11.8 Å². The van der Waals surface area contributed by atoms with Crippen molar-refractivity contribution in [2.24, 2.45) is 0 Å². The third kappa shape index (κ3) is 2.48. The topological polar surface area (TPSA) is 71.8 Å². The van der Waals surface area contributed by atoms with E-state index >= 15 is 0 Å². The van der Waals surface area contributed by atoms with Crippen molar-refractivity contribution in [2.75, 3.05) is 5.73 Å². The molecule has 1 heterocycles. The summed E-state index contributed by atoms with van der Waals surface area (Å²) in [6, 6.07) is 10.1. The molecule has 4 nitrogen and oxygen atoms in total. The van der Waals surface area contributed by atoms with Gasteiger partial charge in [0.1, 0.15) is 11.5 Å². The van der Waals surface area contributed by atoms with Crippen LogP contribution in [0.4, 0.5) is 5.69 Å². The highest BCUT2D eigenvalue weighted by molar-refractivity contribution is 5.30. The number of benzene rings is 1. The van der Waals surface area contributed by atoms with Crippen LogP contribution in [0.1, 0.15) is 11.4 Å². The van der Waals surface area contributed by atoms with Gasteiger partial charge in [0.2, 0.25) is 0 Å². The molecule has 0 atom stereocenters. The fraction of sp³-hybridized carbons (Fsp3) is 0.167. The zero-order valence-electron chi connectivity index (χ0n) is 8.81. The van der Waals surface area contributed by atoms with Gasteiger partial charge in [-0.25, -0.2) is 4.98 Å². The maximum Gasteiger partial charge on any atom is 0.274 e. The Morgan fingerprint density at radius 1 is 1.19 bits per heavy atom. The average Bonchev–Trinajstić information content (AvgIpc) is 2.32. The molecule has 0 amide bonds. The van der Waals surface area contributed by atoms with Crippen molar-refractivity contribution in [2.45, 2.75) is 12.8 Å². The van der Waals surface area contributed by atoms with E-state index in [-0.39, 0.29) is 11.2 Å². The third-order valence-corrected chi connectivity index (χ3v) is 2.37. The minimum Gasteiger partial charge on any atom is -0.393 e. The van der Waals surface area contributed by atoms with Crippen LogP contribution in [0.5, 0.6) is 0 Å². The van der Waals surface area contributed by atoms with Crippen LogP contribution in [0.2, 0.25) is 0 Å². The van der Waals surface area contributed by atoms with Crippen molar-refractivity contribution in [1.82, 2.24) is 9.97 Å². The average molecular weight is 215 g/mol. The van der Waals surface area contributed by atoms with Crippen molar-refractivity contribution >= 4 is 5.69 Å². The van der Waals surface area contributed by atoms with Crippen LogP contribution >= 0.6 is 0 Å². The predicted octanol–water partition coefficient (Wildman–Crippen LogP) is 1.14. The van der Waals surface area contributed by atoms with Crippen LogP contribution < -0.4 is 11.3 Å².